The van der Waals surface area contributed by atoms with Gasteiger partial charge in [0, 0.05) is 54.8 Å². The Kier molecular flexibility index (Phi) is 5.91. The zero-order valence-electron chi connectivity index (χ0n) is 14.0. The Bertz CT molecular complexity index is 498. The van der Waals surface area contributed by atoms with Gasteiger partial charge in [0.2, 0.25) is 0 Å². The predicted molar refractivity (Wildman–Crippen MR) is 93.5 cm³/mol. The molecule has 2 aliphatic rings. The van der Waals surface area contributed by atoms with Crippen molar-refractivity contribution in [3.8, 4) is 0 Å². The fourth-order valence-electron chi connectivity index (χ4n) is 3.87. The number of likely N-dealkylation sites (tertiary alicyclic amines) is 1. The summed E-state index contributed by atoms with van der Waals surface area (Å²) < 4.78 is 0. The lowest BCUT2D eigenvalue weighted by atomic mass is 9.71. The van der Waals surface area contributed by atoms with Gasteiger partial charge in [-0.3, -0.25) is 4.90 Å². The van der Waals surface area contributed by atoms with Crippen LogP contribution in [0.5, 0.6) is 0 Å². The third-order valence-electron chi connectivity index (χ3n) is 5.09. The highest BCUT2D eigenvalue weighted by molar-refractivity contribution is 7.99. The topological polar surface area (TPSA) is 61.3 Å². The minimum Gasteiger partial charge on any atom is -0.396 e. The number of hydrogen-bond donors (Lipinski definition) is 2. The van der Waals surface area contributed by atoms with Gasteiger partial charge in [0.15, 0.2) is 5.16 Å². The van der Waals surface area contributed by atoms with Crippen molar-refractivity contribution in [2.45, 2.75) is 50.4 Å². The first-order chi connectivity index (χ1) is 11.3. The van der Waals surface area contributed by atoms with E-state index in [4.69, 9.17) is 0 Å². The molecule has 3 rings (SSSR count). The number of nitrogens with one attached hydrogen (secondary N) is 1. The first-order valence-corrected chi connectivity index (χ1v) is 9.74. The number of thioether (sulfide) groups is 1. The standard InChI is InChI=1S/C17H28N4OS/c1-2-8-23-16-19-9-14(10-20-16)11-21-7-4-15-17(12-21,13-22)5-3-6-18-15/h9-10,15,18,22H,2-8,11-13H2,1H3/t15-,17-/m1/s1. The summed E-state index contributed by atoms with van der Waals surface area (Å²) in [5.74, 6) is 1.07. The van der Waals surface area contributed by atoms with Crippen LogP contribution in [0, 0.1) is 5.41 Å². The second-order valence-electron chi connectivity index (χ2n) is 6.85. The van der Waals surface area contributed by atoms with E-state index in [1.807, 2.05) is 12.4 Å². The molecular formula is C17H28N4OS. The Labute approximate surface area is 143 Å². The van der Waals surface area contributed by atoms with E-state index in [2.05, 4.69) is 27.1 Å². The Hall–Kier alpha value is -0.690. The van der Waals surface area contributed by atoms with Crippen molar-refractivity contribution >= 4 is 11.8 Å². The molecule has 0 aliphatic carbocycles. The Balaban J connectivity index is 1.59. The van der Waals surface area contributed by atoms with Gasteiger partial charge in [0.05, 0.1) is 6.61 Å². The molecular weight excluding hydrogens is 308 g/mol. The summed E-state index contributed by atoms with van der Waals surface area (Å²) in [5, 5.41) is 14.5. The van der Waals surface area contributed by atoms with Gasteiger partial charge in [-0.05, 0) is 32.2 Å². The van der Waals surface area contributed by atoms with Crippen LogP contribution >= 0.6 is 11.8 Å². The number of hydrogen-bond acceptors (Lipinski definition) is 6. The quantitative estimate of drug-likeness (QED) is 0.611. The zero-order valence-corrected chi connectivity index (χ0v) is 14.8. The van der Waals surface area contributed by atoms with Gasteiger partial charge in [-0.25, -0.2) is 9.97 Å². The number of nitrogens with zero attached hydrogens (tertiary/aromatic N) is 3. The number of rotatable bonds is 6. The number of aliphatic hydroxyl groups is 1. The van der Waals surface area contributed by atoms with E-state index in [-0.39, 0.29) is 12.0 Å². The third-order valence-corrected chi connectivity index (χ3v) is 6.17. The summed E-state index contributed by atoms with van der Waals surface area (Å²) in [6.07, 6.45) is 8.47. The third kappa shape index (κ3) is 4.05. The van der Waals surface area contributed by atoms with Crippen LogP contribution in [0.3, 0.4) is 0 Å². The lowest BCUT2D eigenvalue weighted by Gasteiger charge is -2.50. The van der Waals surface area contributed by atoms with Crippen molar-refractivity contribution in [2.24, 2.45) is 5.41 Å². The molecule has 0 amide bonds. The fraction of sp³-hybridized carbons (Fsp3) is 0.765. The van der Waals surface area contributed by atoms with Gasteiger partial charge >= 0.3 is 0 Å². The number of aliphatic hydroxyl groups excluding tert-OH is 1. The van der Waals surface area contributed by atoms with Crippen LogP contribution in [-0.4, -0.2) is 58.0 Å². The van der Waals surface area contributed by atoms with Crippen LogP contribution in [0.2, 0.25) is 0 Å². The second-order valence-corrected chi connectivity index (χ2v) is 7.91. The van der Waals surface area contributed by atoms with E-state index in [0.29, 0.717) is 6.04 Å². The molecule has 0 aromatic carbocycles. The summed E-state index contributed by atoms with van der Waals surface area (Å²) in [5.41, 5.74) is 1.20. The maximum absolute atomic E-state index is 9.99. The van der Waals surface area contributed by atoms with Crippen molar-refractivity contribution in [3.05, 3.63) is 18.0 Å². The molecule has 0 unspecified atom stereocenters. The molecule has 3 heterocycles. The maximum Gasteiger partial charge on any atom is 0.187 e. The van der Waals surface area contributed by atoms with Gasteiger partial charge in [0.25, 0.3) is 0 Å². The summed E-state index contributed by atoms with van der Waals surface area (Å²) in [7, 11) is 0. The normalized spacial score (nSPS) is 28.5. The van der Waals surface area contributed by atoms with E-state index in [1.54, 1.807) is 11.8 Å². The van der Waals surface area contributed by atoms with Gasteiger partial charge in [-0.1, -0.05) is 18.7 Å². The highest BCUT2D eigenvalue weighted by Gasteiger charge is 2.44. The predicted octanol–water partition coefficient (Wildman–Crippen LogP) is 1.92. The molecule has 6 heteroatoms. The molecule has 2 fully saturated rings. The second kappa shape index (κ2) is 7.92. The van der Waals surface area contributed by atoms with E-state index in [9.17, 15) is 5.11 Å². The maximum atomic E-state index is 9.99. The van der Waals surface area contributed by atoms with Crippen molar-refractivity contribution in [1.29, 1.82) is 0 Å². The average molecular weight is 337 g/mol. The molecule has 2 atom stereocenters. The van der Waals surface area contributed by atoms with Crippen LogP contribution in [0.15, 0.2) is 17.6 Å². The lowest BCUT2D eigenvalue weighted by Crippen LogP contribution is -2.61. The molecule has 1 aromatic heterocycles. The number of aromatic nitrogens is 2. The molecule has 128 valence electrons. The van der Waals surface area contributed by atoms with E-state index >= 15 is 0 Å². The van der Waals surface area contributed by atoms with Crippen molar-refractivity contribution in [2.75, 3.05) is 32.0 Å². The first kappa shape index (κ1) is 17.1. The zero-order chi connectivity index (χ0) is 16.1. The number of piperidine rings is 2. The molecule has 0 spiro atoms. The Morgan fingerprint density at radius 1 is 1.43 bits per heavy atom. The smallest absolute Gasteiger partial charge is 0.187 e. The molecule has 5 nitrogen and oxygen atoms in total. The summed E-state index contributed by atoms with van der Waals surface area (Å²) in [6.45, 7) is 6.47. The van der Waals surface area contributed by atoms with Gasteiger partial charge in [-0.2, -0.15) is 0 Å². The van der Waals surface area contributed by atoms with Crippen LogP contribution in [0.25, 0.3) is 0 Å². The highest BCUT2D eigenvalue weighted by atomic mass is 32.2. The molecule has 0 radical (unpaired) electrons. The number of fused-ring (bicyclic) bond motifs is 1. The monoisotopic (exact) mass is 336 g/mol. The lowest BCUT2D eigenvalue weighted by molar-refractivity contribution is -0.0223. The SMILES string of the molecule is CCCSc1ncc(CN2CC[C@H]3NCCC[C@]3(CO)C2)cn1. The van der Waals surface area contributed by atoms with Crippen LogP contribution in [0.1, 0.15) is 38.2 Å². The summed E-state index contributed by atoms with van der Waals surface area (Å²) >= 11 is 1.72. The van der Waals surface area contributed by atoms with Crippen molar-refractivity contribution in [3.63, 3.8) is 0 Å². The largest absolute Gasteiger partial charge is 0.396 e. The van der Waals surface area contributed by atoms with Crippen molar-refractivity contribution in [1.82, 2.24) is 20.2 Å². The Morgan fingerprint density at radius 2 is 2.26 bits per heavy atom. The van der Waals surface area contributed by atoms with E-state index in [0.717, 1.165) is 62.8 Å². The molecule has 1 aromatic rings. The van der Waals surface area contributed by atoms with Crippen LogP contribution < -0.4 is 5.32 Å². The molecule has 2 aliphatic heterocycles. The minimum absolute atomic E-state index is 0.0360. The molecule has 2 saturated heterocycles. The van der Waals surface area contributed by atoms with Crippen LogP contribution in [0.4, 0.5) is 0 Å². The van der Waals surface area contributed by atoms with Crippen molar-refractivity contribution < 1.29 is 5.11 Å². The Morgan fingerprint density at radius 3 is 3.00 bits per heavy atom. The van der Waals surface area contributed by atoms with Gasteiger partial charge in [-0.15, -0.1) is 0 Å². The molecule has 0 bridgehead atoms. The highest BCUT2D eigenvalue weighted by Crippen LogP contribution is 2.37. The van der Waals surface area contributed by atoms with E-state index in [1.165, 1.54) is 5.56 Å². The first-order valence-electron chi connectivity index (χ1n) is 8.76. The molecule has 23 heavy (non-hydrogen) atoms. The summed E-state index contributed by atoms with van der Waals surface area (Å²) in [6, 6.07) is 0.474. The van der Waals surface area contributed by atoms with Gasteiger partial charge < -0.3 is 10.4 Å². The molecule has 0 saturated carbocycles. The van der Waals surface area contributed by atoms with E-state index < -0.39 is 0 Å². The van der Waals surface area contributed by atoms with Crippen LogP contribution in [-0.2, 0) is 6.54 Å². The van der Waals surface area contributed by atoms with Gasteiger partial charge in [0.1, 0.15) is 0 Å². The summed E-state index contributed by atoms with van der Waals surface area (Å²) in [4.78, 5) is 11.4. The average Bonchev–Trinajstić information content (AvgIpc) is 2.61. The molecule has 2 N–H and O–H groups in total. The fourth-order valence-corrected chi connectivity index (χ4v) is 4.51. The minimum atomic E-state index is 0.0360.